The van der Waals surface area contributed by atoms with E-state index in [0.717, 1.165) is 10.4 Å². The minimum absolute atomic E-state index is 0.228. The van der Waals surface area contributed by atoms with Gasteiger partial charge in [0.1, 0.15) is 0 Å². The molecule has 1 aromatic carbocycles. The lowest BCUT2D eigenvalue weighted by molar-refractivity contribution is 0.0966. The first kappa shape index (κ1) is 17.5. The van der Waals surface area contributed by atoms with Crippen LogP contribution in [0, 0.1) is 0 Å². The van der Waals surface area contributed by atoms with Gasteiger partial charge in [-0.25, -0.2) is 4.98 Å². The molecular weight excluding hydrogens is 383 g/mol. The average molecular weight is 395 g/mol. The zero-order valence-electron chi connectivity index (χ0n) is 12.9. The van der Waals surface area contributed by atoms with Crippen LogP contribution in [-0.2, 0) is 0 Å². The maximum Gasteiger partial charge on any atom is 0.279 e. The first-order valence-corrected chi connectivity index (χ1v) is 8.62. The van der Waals surface area contributed by atoms with Crippen LogP contribution in [0.1, 0.15) is 9.67 Å². The van der Waals surface area contributed by atoms with Crippen LogP contribution in [0.25, 0.3) is 10.4 Å². The van der Waals surface area contributed by atoms with Crippen molar-refractivity contribution in [3.05, 3.63) is 57.5 Å². The molecule has 0 spiro atoms. The molecule has 6 nitrogen and oxygen atoms in total. The van der Waals surface area contributed by atoms with E-state index in [0.29, 0.717) is 20.8 Å². The SMILES string of the molecule is COc1ccnc(NNC(=O)c2ccc(-c3cc(Cl)cc(Cl)c3)s2)n1. The largest absolute Gasteiger partial charge is 0.481 e. The van der Waals surface area contributed by atoms with Gasteiger partial charge in [0.2, 0.25) is 11.8 Å². The Kier molecular flexibility index (Phi) is 5.37. The lowest BCUT2D eigenvalue weighted by atomic mass is 10.2. The zero-order chi connectivity index (χ0) is 17.8. The lowest BCUT2D eigenvalue weighted by Gasteiger charge is -2.06. The monoisotopic (exact) mass is 394 g/mol. The Bertz CT molecular complexity index is 896. The number of methoxy groups -OCH3 is 1. The maximum atomic E-state index is 12.2. The molecule has 0 radical (unpaired) electrons. The summed E-state index contributed by atoms with van der Waals surface area (Å²) in [5.74, 6) is 0.310. The highest BCUT2D eigenvalue weighted by molar-refractivity contribution is 7.17. The standard InChI is InChI=1S/C16H12Cl2N4O2S/c1-24-14-4-5-19-16(20-14)22-21-15(23)13-3-2-12(25-13)9-6-10(17)8-11(18)7-9/h2-8H,1H3,(H,21,23)(H,19,20,22). The van der Waals surface area contributed by atoms with Crippen molar-refractivity contribution in [2.45, 2.75) is 0 Å². The summed E-state index contributed by atoms with van der Waals surface area (Å²) < 4.78 is 4.99. The molecule has 3 aromatic rings. The Morgan fingerprint density at radius 2 is 1.92 bits per heavy atom. The molecule has 0 fully saturated rings. The first-order chi connectivity index (χ1) is 12.0. The molecule has 0 aliphatic rings. The Hall–Kier alpha value is -2.35. The molecule has 0 atom stereocenters. The minimum Gasteiger partial charge on any atom is -0.481 e. The molecular formula is C16H12Cl2N4O2S. The van der Waals surface area contributed by atoms with E-state index in [1.165, 1.54) is 24.6 Å². The van der Waals surface area contributed by atoms with Gasteiger partial charge in [-0.2, -0.15) is 4.98 Å². The van der Waals surface area contributed by atoms with Gasteiger partial charge in [-0.3, -0.25) is 15.6 Å². The fraction of sp³-hybridized carbons (Fsp3) is 0.0625. The van der Waals surface area contributed by atoms with Crippen molar-refractivity contribution in [2.75, 3.05) is 12.5 Å². The maximum absolute atomic E-state index is 12.2. The van der Waals surface area contributed by atoms with Crippen LogP contribution in [-0.4, -0.2) is 23.0 Å². The van der Waals surface area contributed by atoms with E-state index in [2.05, 4.69) is 20.8 Å². The summed E-state index contributed by atoms with van der Waals surface area (Å²) in [5.41, 5.74) is 6.04. The van der Waals surface area contributed by atoms with Crippen LogP contribution < -0.4 is 15.6 Å². The fourth-order valence-corrected chi connectivity index (χ4v) is 3.42. The Morgan fingerprint density at radius 3 is 2.64 bits per heavy atom. The van der Waals surface area contributed by atoms with Crippen molar-refractivity contribution in [1.29, 1.82) is 0 Å². The van der Waals surface area contributed by atoms with Gasteiger partial charge in [0, 0.05) is 27.2 Å². The molecule has 0 aliphatic heterocycles. The van der Waals surface area contributed by atoms with Crippen LogP contribution in [0.5, 0.6) is 5.88 Å². The Balaban J connectivity index is 1.70. The van der Waals surface area contributed by atoms with E-state index in [1.54, 1.807) is 30.3 Å². The molecule has 3 rings (SSSR count). The van der Waals surface area contributed by atoms with E-state index in [1.807, 2.05) is 6.07 Å². The summed E-state index contributed by atoms with van der Waals surface area (Å²) >= 11 is 13.4. The number of halogens is 2. The fourth-order valence-electron chi connectivity index (χ4n) is 2.00. The van der Waals surface area contributed by atoms with Gasteiger partial charge in [0.25, 0.3) is 5.91 Å². The number of hydrogen-bond acceptors (Lipinski definition) is 6. The van der Waals surface area contributed by atoms with Gasteiger partial charge >= 0.3 is 0 Å². The molecule has 1 amide bonds. The third kappa shape index (κ3) is 4.39. The van der Waals surface area contributed by atoms with Gasteiger partial charge in [-0.15, -0.1) is 11.3 Å². The van der Waals surface area contributed by atoms with Crippen LogP contribution >= 0.6 is 34.5 Å². The second kappa shape index (κ2) is 7.69. The summed E-state index contributed by atoms with van der Waals surface area (Å²) in [5, 5.41) is 1.08. The molecule has 0 saturated heterocycles. The smallest absolute Gasteiger partial charge is 0.279 e. The van der Waals surface area contributed by atoms with Gasteiger partial charge < -0.3 is 4.74 Å². The van der Waals surface area contributed by atoms with Crippen LogP contribution in [0.3, 0.4) is 0 Å². The number of carbonyl (C=O) groups excluding carboxylic acids is 1. The van der Waals surface area contributed by atoms with Crippen LogP contribution in [0.2, 0.25) is 10.0 Å². The second-order valence-corrected chi connectivity index (χ2v) is 6.78. The molecule has 0 bridgehead atoms. The number of benzene rings is 1. The van der Waals surface area contributed by atoms with Crippen LogP contribution in [0.15, 0.2) is 42.6 Å². The molecule has 9 heteroatoms. The normalized spacial score (nSPS) is 10.4. The van der Waals surface area contributed by atoms with Crippen molar-refractivity contribution in [1.82, 2.24) is 15.4 Å². The minimum atomic E-state index is -0.309. The summed E-state index contributed by atoms with van der Waals surface area (Å²) in [6, 6.07) is 10.4. The number of hydrogen-bond donors (Lipinski definition) is 2. The van der Waals surface area contributed by atoms with Crippen molar-refractivity contribution in [2.24, 2.45) is 0 Å². The summed E-state index contributed by atoms with van der Waals surface area (Å²) in [4.78, 5) is 21.7. The number of ether oxygens (including phenoxy) is 1. The zero-order valence-corrected chi connectivity index (χ0v) is 15.2. The highest BCUT2D eigenvalue weighted by atomic mass is 35.5. The van der Waals surface area contributed by atoms with Gasteiger partial charge in [-0.05, 0) is 35.9 Å². The molecule has 128 valence electrons. The third-order valence-electron chi connectivity index (χ3n) is 3.10. The molecule has 0 saturated carbocycles. The molecule has 0 aliphatic carbocycles. The number of anilines is 1. The van der Waals surface area contributed by atoms with Gasteiger partial charge in [0.05, 0.1) is 12.0 Å². The lowest BCUT2D eigenvalue weighted by Crippen LogP contribution is -2.29. The van der Waals surface area contributed by atoms with E-state index < -0.39 is 0 Å². The first-order valence-electron chi connectivity index (χ1n) is 7.05. The predicted molar refractivity (Wildman–Crippen MR) is 99.4 cm³/mol. The summed E-state index contributed by atoms with van der Waals surface area (Å²) in [6.07, 6.45) is 1.52. The molecule has 2 heterocycles. The van der Waals surface area contributed by atoms with Crippen molar-refractivity contribution >= 4 is 46.4 Å². The number of carbonyl (C=O) groups is 1. The number of thiophene rings is 1. The molecule has 2 aromatic heterocycles. The van der Waals surface area contributed by atoms with E-state index >= 15 is 0 Å². The second-order valence-electron chi connectivity index (χ2n) is 4.82. The van der Waals surface area contributed by atoms with Gasteiger partial charge in [0.15, 0.2) is 0 Å². The predicted octanol–water partition coefficient (Wildman–Crippen LogP) is 4.28. The number of nitrogens with one attached hydrogen (secondary N) is 2. The Labute approximate surface area is 157 Å². The number of amides is 1. The number of rotatable bonds is 5. The number of nitrogens with zero attached hydrogens (tertiary/aromatic N) is 2. The average Bonchev–Trinajstić information content (AvgIpc) is 3.09. The van der Waals surface area contributed by atoms with E-state index in [9.17, 15) is 4.79 Å². The van der Waals surface area contributed by atoms with E-state index in [4.69, 9.17) is 27.9 Å². The highest BCUT2D eigenvalue weighted by Crippen LogP contribution is 2.32. The third-order valence-corrected chi connectivity index (χ3v) is 4.67. The van der Waals surface area contributed by atoms with Crippen molar-refractivity contribution < 1.29 is 9.53 Å². The van der Waals surface area contributed by atoms with Crippen molar-refractivity contribution in [3.63, 3.8) is 0 Å². The Morgan fingerprint density at radius 1 is 1.16 bits per heavy atom. The van der Waals surface area contributed by atoms with Gasteiger partial charge in [-0.1, -0.05) is 23.2 Å². The number of hydrazine groups is 1. The summed E-state index contributed by atoms with van der Waals surface area (Å²) in [6.45, 7) is 0. The molecule has 0 unspecified atom stereocenters. The van der Waals surface area contributed by atoms with Crippen LogP contribution in [0.4, 0.5) is 5.95 Å². The summed E-state index contributed by atoms with van der Waals surface area (Å²) in [7, 11) is 1.50. The number of aromatic nitrogens is 2. The van der Waals surface area contributed by atoms with Crippen molar-refractivity contribution in [3.8, 4) is 16.3 Å². The quantitative estimate of drug-likeness (QED) is 0.631. The molecule has 2 N–H and O–H groups in total. The highest BCUT2D eigenvalue weighted by Gasteiger charge is 2.11. The molecule has 25 heavy (non-hydrogen) atoms. The topological polar surface area (TPSA) is 76.1 Å². The van der Waals surface area contributed by atoms with E-state index in [-0.39, 0.29) is 11.9 Å².